The Morgan fingerprint density at radius 1 is 0.906 bits per heavy atom. The molecular weight excluding hydrogens is 420 g/mol. The summed E-state index contributed by atoms with van der Waals surface area (Å²) in [6.45, 7) is 3.96. The van der Waals surface area contributed by atoms with Crippen molar-refractivity contribution in [2.45, 2.75) is 19.3 Å². The number of likely N-dealkylation sites (tertiary alicyclic amines) is 1. The van der Waals surface area contributed by atoms with E-state index >= 15 is 0 Å². The quantitative estimate of drug-likeness (QED) is 0.370. The van der Waals surface area contributed by atoms with Crippen LogP contribution in [0, 0.1) is 5.92 Å². The molecule has 0 amide bonds. The molecule has 0 saturated carbocycles. The minimum Gasteiger partial charge on any atom is -0.492 e. The molecule has 7 heteroatoms. The van der Waals surface area contributed by atoms with Gasteiger partial charge in [-0.2, -0.15) is 4.98 Å². The van der Waals surface area contributed by atoms with E-state index in [-0.39, 0.29) is 0 Å². The lowest BCUT2D eigenvalue weighted by atomic mass is 9.90. The molecule has 1 aliphatic rings. The number of hydrogen-bond donors (Lipinski definition) is 0. The van der Waals surface area contributed by atoms with Crippen LogP contribution in [0.3, 0.4) is 0 Å². The van der Waals surface area contributed by atoms with Crippen LogP contribution in [0.15, 0.2) is 67.0 Å². The van der Waals surface area contributed by atoms with Crippen molar-refractivity contribution in [2.75, 3.05) is 26.2 Å². The Balaban J connectivity index is 1.04. The van der Waals surface area contributed by atoms with Gasteiger partial charge in [-0.25, -0.2) is 9.97 Å². The van der Waals surface area contributed by atoms with Crippen LogP contribution in [-0.4, -0.2) is 46.1 Å². The molecule has 0 atom stereocenters. The Labute approximate surface area is 191 Å². The van der Waals surface area contributed by atoms with Gasteiger partial charge in [0.2, 0.25) is 0 Å². The van der Waals surface area contributed by atoms with E-state index in [0.717, 1.165) is 41.9 Å². The predicted octanol–water partition coefficient (Wildman–Crippen LogP) is 5.21. The molecular formula is C25H26N4O2S. The number of piperidine rings is 1. The van der Waals surface area contributed by atoms with Crippen molar-refractivity contribution in [2.24, 2.45) is 5.92 Å². The third kappa shape index (κ3) is 5.41. The molecule has 32 heavy (non-hydrogen) atoms. The smallest absolute Gasteiger partial charge is 0.282 e. The van der Waals surface area contributed by atoms with Crippen molar-refractivity contribution in [3.8, 4) is 16.7 Å². The minimum absolute atomic E-state index is 0.538. The van der Waals surface area contributed by atoms with Crippen LogP contribution >= 0.6 is 11.3 Å². The standard InChI is InChI=1S/C25H26N4O2S/c1-2-4-19(5-3-1)18-20-10-14-29(15-11-20)16-17-30-21-6-8-22(9-7-21)31-25-28-23-24(32-25)27-13-12-26-23/h1-9,12-13,20H,10-11,14-18H2. The summed E-state index contributed by atoms with van der Waals surface area (Å²) in [4.78, 5) is 16.1. The predicted molar refractivity (Wildman–Crippen MR) is 127 cm³/mol. The summed E-state index contributed by atoms with van der Waals surface area (Å²) in [5, 5.41) is 0.538. The summed E-state index contributed by atoms with van der Waals surface area (Å²) in [5.74, 6) is 2.37. The molecule has 0 bridgehead atoms. The van der Waals surface area contributed by atoms with Crippen LogP contribution in [-0.2, 0) is 6.42 Å². The second-order valence-corrected chi connectivity index (χ2v) is 9.00. The van der Waals surface area contributed by atoms with Crippen molar-refractivity contribution in [1.29, 1.82) is 0 Å². The number of thiazole rings is 1. The van der Waals surface area contributed by atoms with Crippen molar-refractivity contribution >= 4 is 21.8 Å². The van der Waals surface area contributed by atoms with Gasteiger partial charge in [0.25, 0.3) is 5.19 Å². The van der Waals surface area contributed by atoms with Gasteiger partial charge in [0.1, 0.15) is 18.1 Å². The molecule has 0 radical (unpaired) electrons. The second kappa shape index (κ2) is 10.1. The van der Waals surface area contributed by atoms with Gasteiger partial charge in [-0.15, -0.1) is 0 Å². The molecule has 0 spiro atoms. The molecule has 164 valence electrons. The van der Waals surface area contributed by atoms with E-state index in [4.69, 9.17) is 9.47 Å². The first-order valence-electron chi connectivity index (χ1n) is 11.1. The van der Waals surface area contributed by atoms with Crippen LogP contribution in [0.2, 0.25) is 0 Å². The summed E-state index contributed by atoms with van der Waals surface area (Å²) in [6.07, 6.45) is 7.01. The third-order valence-corrected chi connectivity index (χ3v) is 6.64. The SMILES string of the molecule is c1ccc(CC2CCN(CCOc3ccc(Oc4nc5nccnc5s4)cc3)CC2)cc1. The lowest BCUT2D eigenvalue weighted by Crippen LogP contribution is -2.36. The zero-order valence-electron chi connectivity index (χ0n) is 17.9. The summed E-state index contributed by atoms with van der Waals surface area (Å²) in [7, 11) is 0. The average molecular weight is 447 g/mol. The summed E-state index contributed by atoms with van der Waals surface area (Å²) in [6, 6.07) is 18.5. The number of ether oxygens (including phenoxy) is 2. The van der Waals surface area contributed by atoms with Crippen LogP contribution < -0.4 is 9.47 Å². The maximum atomic E-state index is 5.95. The van der Waals surface area contributed by atoms with Gasteiger partial charge in [0, 0.05) is 18.9 Å². The van der Waals surface area contributed by atoms with Gasteiger partial charge in [-0.1, -0.05) is 41.7 Å². The molecule has 3 heterocycles. The number of hydrogen-bond acceptors (Lipinski definition) is 7. The van der Waals surface area contributed by atoms with Crippen LogP contribution in [0.5, 0.6) is 16.7 Å². The minimum atomic E-state index is 0.538. The average Bonchev–Trinajstić information content (AvgIpc) is 3.24. The molecule has 0 unspecified atom stereocenters. The lowest BCUT2D eigenvalue weighted by Gasteiger charge is -2.31. The Hall–Kier alpha value is -3.03. The number of nitrogens with zero attached hydrogens (tertiary/aromatic N) is 4. The fraction of sp³-hybridized carbons (Fsp3) is 0.320. The Morgan fingerprint density at radius 3 is 2.44 bits per heavy atom. The lowest BCUT2D eigenvalue weighted by molar-refractivity contribution is 0.155. The Morgan fingerprint density at radius 2 is 1.66 bits per heavy atom. The molecule has 6 nitrogen and oxygen atoms in total. The Bertz CT molecular complexity index is 1090. The largest absolute Gasteiger partial charge is 0.492 e. The van der Waals surface area contributed by atoms with Crippen LogP contribution in [0.25, 0.3) is 10.5 Å². The van der Waals surface area contributed by atoms with Gasteiger partial charge >= 0.3 is 0 Å². The van der Waals surface area contributed by atoms with Gasteiger partial charge in [0.15, 0.2) is 10.5 Å². The molecule has 2 aromatic carbocycles. The van der Waals surface area contributed by atoms with E-state index in [1.807, 2.05) is 24.3 Å². The molecule has 1 saturated heterocycles. The van der Waals surface area contributed by atoms with Gasteiger partial charge in [-0.3, -0.25) is 4.90 Å². The molecule has 1 aliphatic heterocycles. The highest BCUT2D eigenvalue weighted by atomic mass is 32.1. The van der Waals surface area contributed by atoms with Gasteiger partial charge < -0.3 is 9.47 Å². The first kappa shape index (κ1) is 20.8. The molecule has 4 aromatic rings. The molecule has 0 N–H and O–H groups in total. The van der Waals surface area contributed by atoms with E-state index < -0.39 is 0 Å². The highest BCUT2D eigenvalue weighted by molar-refractivity contribution is 7.19. The fourth-order valence-electron chi connectivity index (χ4n) is 4.06. The maximum absolute atomic E-state index is 5.95. The van der Waals surface area contributed by atoms with Crippen LogP contribution in [0.4, 0.5) is 0 Å². The number of benzene rings is 2. The van der Waals surface area contributed by atoms with E-state index in [9.17, 15) is 0 Å². The van der Waals surface area contributed by atoms with Crippen LogP contribution in [0.1, 0.15) is 18.4 Å². The summed E-state index contributed by atoms with van der Waals surface area (Å²) in [5.41, 5.74) is 2.06. The van der Waals surface area contributed by atoms with Gasteiger partial charge in [-0.05, 0) is 68.1 Å². The van der Waals surface area contributed by atoms with Gasteiger partial charge in [0.05, 0.1) is 0 Å². The van der Waals surface area contributed by atoms with Crippen molar-refractivity contribution in [1.82, 2.24) is 19.9 Å². The third-order valence-electron chi connectivity index (χ3n) is 5.81. The Kier molecular flexibility index (Phi) is 6.55. The topological polar surface area (TPSA) is 60.4 Å². The molecule has 1 fully saturated rings. The summed E-state index contributed by atoms with van der Waals surface area (Å²) >= 11 is 1.38. The second-order valence-electron chi connectivity index (χ2n) is 8.06. The van der Waals surface area contributed by atoms with Crippen molar-refractivity contribution < 1.29 is 9.47 Å². The van der Waals surface area contributed by atoms with E-state index in [2.05, 4.69) is 50.2 Å². The summed E-state index contributed by atoms with van der Waals surface area (Å²) < 4.78 is 11.8. The fourth-order valence-corrected chi connectivity index (χ4v) is 4.80. The monoisotopic (exact) mass is 446 g/mol. The number of rotatable bonds is 8. The zero-order chi connectivity index (χ0) is 21.6. The normalized spacial score (nSPS) is 15.1. The zero-order valence-corrected chi connectivity index (χ0v) is 18.7. The number of aromatic nitrogens is 3. The first-order chi connectivity index (χ1) is 15.8. The highest BCUT2D eigenvalue weighted by Crippen LogP contribution is 2.30. The first-order valence-corrected chi connectivity index (χ1v) is 11.9. The maximum Gasteiger partial charge on any atom is 0.282 e. The van der Waals surface area contributed by atoms with E-state index in [1.54, 1.807) is 12.4 Å². The van der Waals surface area contributed by atoms with E-state index in [0.29, 0.717) is 17.4 Å². The highest BCUT2D eigenvalue weighted by Gasteiger charge is 2.19. The molecule has 0 aliphatic carbocycles. The van der Waals surface area contributed by atoms with Crippen molar-refractivity contribution in [3.63, 3.8) is 0 Å². The van der Waals surface area contributed by atoms with Crippen molar-refractivity contribution in [3.05, 3.63) is 72.6 Å². The number of fused-ring (bicyclic) bond motifs is 1. The van der Waals surface area contributed by atoms with E-state index in [1.165, 1.54) is 36.2 Å². The molecule has 2 aromatic heterocycles. The molecule has 5 rings (SSSR count).